The van der Waals surface area contributed by atoms with E-state index in [2.05, 4.69) is 33.0 Å². The molecule has 0 aromatic heterocycles. The summed E-state index contributed by atoms with van der Waals surface area (Å²) in [6, 6.07) is 0.592. The number of nitrogens with one attached hydrogen (secondary N) is 1. The van der Waals surface area contributed by atoms with Gasteiger partial charge >= 0.3 is 0 Å². The summed E-state index contributed by atoms with van der Waals surface area (Å²) in [6.45, 7) is 11.9. The molecule has 0 bridgehead atoms. The second kappa shape index (κ2) is 9.17. The van der Waals surface area contributed by atoms with E-state index in [1.165, 1.54) is 12.8 Å². The fourth-order valence-electron chi connectivity index (χ4n) is 1.92. The number of rotatable bonds is 9. The van der Waals surface area contributed by atoms with Crippen LogP contribution < -0.4 is 5.32 Å². The summed E-state index contributed by atoms with van der Waals surface area (Å²) < 4.78 is 11.3. The smallest absolute Gasteiger partial charge is 0.0360 e. The van der Waals surface area contributed by atoms with Gasteiger partial charge in [-0.2, -0.15) is 0 Å². The maximum absolute atomic E-state index is 11.3. The van der Waals surface area contributed by atoms with Gasteiger partial charge in [0.05, 0.1) is 0 Å². The van der Waals surface area contributed by atoms with E-state index < -0.39 is 10.8 Å². The van der Waals surface area contributed by atoms with Crippen molar-refractivity contribution >= 4 is 10.8 Å². The largest absolute Gasteiger partial charge is 0.313 e. The highest BCUT2D eigenvalue weighted by Crippen LogP contribution is 2.12. The van der Waals surface area contributed by atoms with Gasteiger partial charge in [-0.15, -0.1) is 0 Å². The Bertz CT molecular complexity index is 182. The molecular formula is C13H29NOS. The zero-order chi connectivity index (χ0) is 12.6. The quantitative estimate of drug-likeness (QED) is 0.679. The van der Waals surface area contributed by atoms with Crippen LogP contribution in [-0.2, 0) is 10.8 Å². The van der Waals surface area contributed by atoms with E-state index in [9.17, 15) is 4.21 Å². The van der Waals surface area contributed by atoms with Gasteiger partial charge in [-0.1, -0.05) is 34.6 Å². The molecule has 0 saturated heterocycles. The third-order valence-corrected chi connectivity index (χ3v) is 3.90. The average molecular weight is 247 g/mol. The lowest BCUT2D eigenvalue weighted by molar-refractivity contribution is 0.366. The highest BCUT2D eigenvalue weighted by molar-refractivity contribution is 7.84. The third kappa shape index (κ3) is 9.34. The van der Waals surface area contributed by atoms with Crippen molar-refractivity contribution in [2.75, 3.05) is 18.1 Å². The minimum absolute atomic E-state index is 0.592. The van der Waals surface area contributed by atoms with Gasteiger partial charge in [-0.3, -0.25) is 4.21 Å². The summed E-state index contributed by atoms with van der Waals surface area (Å²) in [4.78, 5) is 0. The third-order valence-electron chi connectivity index (χ3n) is 2.60. The topological polar surface area (TPSA) is 29.1 Å². The molecule has 0 fully saturated rings. The van der Waals surface area contributed by atoms with Gasteiger partial charge in [-0.25, -0.2) is 0 Å². The average Bonchev–Trinajstić information content (AvgIpc) is 2.15. The first-order valence-corrected chi connectivity index (χ1v) is 8.02. The van der Waals surface area contributed by atoms with Crippen molar-refractivity contribution in [3.63, 3.8) is 0 Å². The van der Waals surface area contributed by atoms with Gasteiger partial charge in [0.25, 0.3) is 0 Å². The molecule has 0 aliphatic heterocycles. The van der Waals surface area contributed by atoms with Crippen LogP contribution in [0, 0.1) is 11.8 Å². The zero-order valence-corrected chi connectivity index (χ0v) is 12.4. The Hall–Kier alpha value is 0.110. The van der Waals surface area contributed by atoms with E-state index >= 15 is 0 Å². The Labute approximate surface area is 104 Å². The molecule has 16 heavy (non-hydrogen) atoms. The predicted molar refractivity (Wildman–Crippen MR) is 74.3 cm³/mol. The number of hydrogen-bond acceptors (Lipinski definition) is 2. The summed E-state index contributed by atoms with van der Waals surface area (Å²) >= 11 is 0. The summed E-state index contributed by atoms with van der Waals surface area (Å²) in [5.41, 5.74) is 0. The Balaban J connectivity index is 3.86. The summed E-state index contributed by atoms with van der Waals surface area (Å²) in [5.74, 6) is 3.03. The fraction of sp³-hybridized carbons (Fsp3) is 1.00. The summed E-state index contributed by atoms with van der Waals surface area (Å²) in [6.07, 6.45) is 2.44. The lowest BCUT2D eigenvalue weighted by Crippen LogP contribution is -2.34. The van der Waals surface area contributed by atoms with Crippen LogP contribution in [0.3, 0.4) is 0 Å². The van der Waals surface area contributed by atoms with Gasteiger partial charge in [0, 0.05) is 34.9 Å². The fourth-order valence-corrected chi connectivity index (χ4v) is 2.56. The van der Waals surface area contributed by atoms with E-state index in [-0.39, 0.29) is 0 Å². The Morgan fingerprint density at radius 2 is 1.56 bits per heavy atom. The van der Waals surface area contributed by atoms with Crippen molar-refractivity contribution < 1.29 is 4.21 Å². The summed E-state index contributed by atoms with van der Waals surface area (Å²) in [7, 11) is -0.631. The maximum atomic E-state index is 11.3. The SMILES string of the molecule is CCS(=O)CCNC(CC(C)C)CC(C)C. The van der Waals surface area contributed by atoms with Crippen molar-refractivity contribution in [3.05, 3.63) is 0 Å². The molecule has 1 N–H and O–H groups in total. The normalized spacial score (nSPS) is 14.0. The van der Waals surface area contributed by atoms with Crippen LogP contribution in [0.15, 0.2) is 0 Å². The first kappa shape index (κ1) is 16.1. The first-order valence-electron chi connectivity index (χ1n) is 6.54. The second-order valence-electron chi connectivity index (χ2n) is 5.34. The van der Waals surface area contributed by atoms with Crippen LogP contribution in [-0.4, -0.2) is 28.3 Å². The molecule has 0 saturated carbocycles. The standard InChI is InChI=1S/C13H29NOS/c1-6-16(15)8-7-14-13(9-11(2)3)10-12(4)5/h11-14H,6-10H2,1-5H3. The predicted octanol–water partition coefficient (Wildman–Crippen LogP) is 2.81. The molecule has 0 aliphatic carbocycles. The zero-order valence-electron chi connectivity index (χ0n) is 11.6. The van der Waals surface area contributed by atoms with Gasteiger partial charge in [0.2, 0.25) is 0 Å². The van der Waals surface area contributed by atoms with Gasteiger partial charge < -0.3 is 5.32 Å². The van der Waals surface area contributed by atoms with E-state index in [0.717, 1.165) is 29.9 Å². The minimum Gasteiger partial charge on any atom is -0.313 e. The molecule has 0 aromatic rings. The molecular weight excluding hydrogens is 218 g/mol. The van der Waals surface area contributed by atoms with Crippen molar-refractivity contribution in [2.45, 2.75) is 53.5 Å². The molecule has 0 aliphatic rings. The second-order valence-corrected chi connectivity index (χ2v) is 7.21. The molecule has 1 unspecified atom stereocenters. The van der Waals surface area contributed by atoms with Crippen molar-refractivity contribution in [2.24, 2.45) is 11.8 Å². The van der Waals surface area contributed by atoms with E-state index in [0.29, 0.717) is 6.04 Å². The van der Waals surface area contributed by atoms with E-state index in [4.69, 9.17) is 0 Å². The van der Waals surface area contributed by atoms with Crippen molar-refractivity contribution in [1.82, 2.24) is 5.32 Å². The lowest BCUT2D eigenvalue weighted by Gasteiger charge is -2.22. The van der Waals surface area contributed by atoms with Crippen LogP contribution >= 0.6 is 0 Å². The molecule has 0 aromatic carbocycles. The van der Waals surface area contributed by atoms with Crippen LogP contribution in [0.5, 0.6) is 0 Å². The first-order chi connectivity index (χ1) is 7.45. The Kier molecular flexibility index (Phi) is 9.24. The minimum atomic E-state index is -0.631. The van der Waals surface area contributed by atoms with E-state index in [1.807, 2.05) is 6.92 Å². The summed E-state index contributed by atoms with van der Waals surface area (Å²) in [5, 5.41) is 3.55. The molecule has 98 valence electrons. The molecule has 3 heteroatoms. The van der Waals surface area contributed by atoms with Crippen LogP contribution in [0.2, 0.25) is 0 Å². The van der Waals surface area contributed by atoms with Gasteiger partial charge in [-0.05, 0) is 24.7 Å². The molecule has 0 radical (unpaired) electrons. The molecule has 0 spiro atoms. The highest BCUT2D eigenvalue weighted by Gasteiger charge is 2.12. The maximum Gasteiger partial charge on any atom is 0.0360 e. The van der Waals surface area contributed by atoms with Crippen LogP contribution in [0.4, 0.5) is 0 Å². The van der Waals surface area contributed by atoms with Crippen molar-refractivity contribution in [1.29, 1.82) is 0 Å². The van der Waals surface area contributed by atoms with Gasteiger partial charge in [0.1, 0.15) is 0 Å². The van der Waals surface area contributed by atoms with E-state index in [1.54, 1.807) is 0 Å². The molecule has 0 amide bonds. The van der Waals surface area contributed by atoms with Crippen LogP contribution in [0.1, 0.15) is 47.5 Å². The van der Waals surface area contributed by atoms with Crippen LogP contribution in [0.25, 0.3) is 0 Å². The number of hydrogen-bond donors (Lipinski definition) is 1. The molecule has 0 rings (SSSR count). The molecule has 0 heterocycles. The molecule has 2 nitrogen and oxygen atoms in total. The molecule has 1 atom stereocenters. The monoisotopic (exact) mass is 247 g/mol. The van der Waals surface area contributed by atoms with Gasteiger partial charge in [0.15, 0.2) is 0 Å². The van der Waals surface area contributed by atoms with Crippen molar-refractivity contribution in [3.8, 4) is 0 Å². The lowest BCUT2D eigenvalue weighted by atomic mass is 9.96. The Morgan fingerprint density at radius 3 is 1.94 bits per heavy atom. The Morgan fingerprint density at radius 1 is 1.06 bits per heavy atom. The highest BCUT2D eigenvalue weighted by atomic mass is 32.2.